The lowest BCUT2D eigenvalue weighted by atomic mass is 10.3. The first-order valence-corrected chi connectivity index (χ1v) is 7.30. The quantitative estimate of drug-likeness (QED) is 0.755. The van der Waals surface area contributed by atoms with E-state index in [1.54, 1.807) is 18.2 Å². The number of phenolic OH excluding ortho intramolecular Hbond substituents is 1. The second-order valence-corrected chi connectivity index (χ2v) is 6.06. The molecule has 0 saturated heterocycles. The molecule has 1 aromatic carbocycles. The first-order chi connectivity index (χ1) is 7.55. The Hall–Kier alpha value is -0.990. The lowest BCUT2D eigenvalue weighted by Gasteiger charge is -2.13. The molecule has 0 aliphatic rings. The van der Waals surface area contributed by atoms with Gasteiger partial charge in [0, 0.05) is 6.16 Å². The van der Waals surface area contributed by atoms with Gasteiger partial charge in [0.15, 0.2) is 17.8 Å². The summed E-state index contributed by atoms with van der Waals surface area (Å²) in [5.41, 5.74) is 0. The number of para-hydroxylation sites is 2. The van der Waals surface area contributed by atoms with E-state index in [1.165, 1.54) is 6.07 Å². The van der Waals surface area contributed by atoms with Crippen LogP contribution in [0.25, 0.3) is 0 Å². The minimum absolute atomic E-state index is 0.0157. The number of phenols is 1. The van der Waals surface area contributed by atoms with Crippen LogP contribution in [-0.4, -0.2) is 22.5 Å². The fourth-order valence-corrected chi connectivity index (χ4v) is 2.50. The van der Waals surface area contributed by atoms with Gasteiger partial charge < -0.3 is 14.7 Å². The highest BCUT2D eigenvalue weighted by atomic mass is 31.2. The van der Waals surface area contributed by atoms with Gasteiger partial charge in [-0.05, 0) is 18.6 Å². The lowest BCUT2D eigenvalue weighted by molar-refractivity contribution is 0.329. The summed E-state index contributed by atoms with van der Waals surface area (Å²) in [6.45, 7) is 1.96. The molecule has 0 heterocycles. The van der Waals surface area contributed by atoms with Crippen molar-refractivity contribution in [2.45, 2.75) is 19.8 Å². The van der Waals surface area contributed by atoms with Gasteiger partial charge in [0.2, 0.25) is 7.37 Å². The molecule has 1 aromatic rings. The van der Waals surface area contributed by atoms with Crippen molar-refractivity contribution in [2.24, 2.45) is 0 Å². The summed E-state index contributed by atoms with van der Waals surface area (Å²) >= 11 is 0. The van der Waals surface area contributed by atoms with Crippen LogP contribution in [0.3, 0.4) is 0 Å². The predicted octanol–water partition coefficient (Wildman–Crippen LogP) is 2.80. The molecule has 2 N–H and O–H groups in total. The van der Waals surface area contributed by atoms with Crippen molar-refractivity contribution in [3.63, 3.8) is 0 Å². The third-order valence-electron chi connectivity index (χ3n) is 2.15. The molecule has 4 nitrogen and oxygen atoms in total. The molecule has 1 unspecified atom stereocenters. The monoisotopic (exact) mass is 244 g/mol. The summed E-state index contributed by atoms with van der Waals surface area (Å²) in [7, 11) is -3.23. The molecular formula is C11H17O4P. The Kier molecular flexibility index (Phi) is 4.84. The van der Waals surface area contributed by atoms with Crippen molar-refractivity contribution < 1.29 is 19.3 Å². The topological polar surface area (TPSA) is 66.8 Å². The van der Waals surface area contributed by atoms with Crippen molar-refractivity contribution in [1.82, 2.24) is 0 Å². The van der Waals surface area contributed by atoms with Gasteiger partial charge in [-0.15, -0.1) is 0 Å². The largest absolute Gasteiger partial charge is 0.504 e. The van der Waals surface area contributed by atoms with Gasteiger partial charge in [-0.3, -0.25) is 4.57 Å². The Morgan fingerprint density at radius 1 is 1.38 bits per heavy atom. The third-order valence-corrected chi connectivity index (χ3v) is 3.70. The van der Waals surface area contributed by atoms with Gasteiger partial charge in [-0.2, -0.15) is 0 Å². The van der Waals surface area contributed by atoms with Crippen LogP contribution in [0.1, 0.15) is 19.8 Å². The summed E-state index contributed by atoms with van der Waals surface area (Å²) in [5, 5.41) is 9.39. The average Bonchev–Trinajstić information content (AvgIpc) is 2.26. The van der Waals surface area contributed by atoms with Crippen molar-refractivity contribution in [1.29, 1.82) is 0 Å². The lowest BCUT2D eigenvalue weighted by Crippen LogP contribution is -2.02. The highest BCUT2D eigenvalue weighted by molar-refractivity contribution is 7.57. The van der Waals surface area contributed by atoms with E-state index >= 15 is 0 Å². The molecule has 5 heteroatoms. The normalized spacial score (nSPS) is 14.4. The Labute approximate surface area is 95.3 Å². The number of ether oxygens (including phenoxy) is 1. The molecule has 0 aliphatic heterocycles. The second kappa shape index (κ2) is 5.92. The minimum Gasteiger partial charge on any atom is -0.504 e. The van der Waals surface area contributed by atoms with Crippen molar-refractivity contribution in [3.8, 4) is 11.5 Å². The molecular weight excluding hydrogens is 227 g/mol. The third kappa shape index (κ3) is 4.25. The highest BCUT2D eigenvalue weighted by Gasteiger charge is 2.18. The van der Waals surface area contributed by atoms with E-state index in [2.05, 4.69) is 0 Å². The summed E-state index contributed by atoms with van der Waals surface area (Å²) < 4.78 is 16.7. The van der Waals surface area contributed by atoms with Gasteiger partial charge in [0.1, 0.15) is 0 Å². The Bertz CT molecular complexity index is 378. The van der Waals surface area contributed by atoms with E-state index in [9.17, 15) is 14.6 Å². The molecule has 0 aliphatic carbocycles. The maximum absolute atomic E-state index is 11.6. The molecule has 0 aromatic heterocycles. The number of hydrogen-bond acceptors (Lipinski definition) is 3. The predicted molar refractivity (Wildman–Crippen MR) is 63.2 cm³/mol. The van der Waals surface area contributed by atoms with E-state index in [0.29, 0.717) is 6.42 Å². The molecule has 16 heavy (non-hydrogen) atoms. The van der Waals surface area contributed by atoms with E-state index < -0.39 is 7.37 Å². The van der Waals surface area contributed by atoms with Crippen molar-refractivity contribution in [2.75, 3.05) is 12.5 Å². The molecule has 90 valence electrons. The maximum atomic E-state index is 11.6. The van der Waals surface area contributed by atoms with Crippen LogP contribution in [0.2, 0.25) is 0 Å². The molecule has 1 atom stereocenters. The summed E-state index contributed by atoms with van der Waals surface area (Å²) in [6, 6.07) is 6.40. The van der Waals surface area contributed by atoms with Crippen LogP contribution >= 0.6 is 7.37 Å². The van der Waals surface area contributed by atoms with Crippen LogP contribution < -0.4 is 4.74 Å². The maximum Gasteiger partial charge on any atom is 0.236 e. The SMILES string of the molecule is CCCCP(=O)(O)COc1ccccc1O. The first-order valence-electron chi connectivity index (χ1n) is 5.27. The Morgan fingerprint density at radius 3 is 2.69 bits per heavy atom. The molecule has 0 radical (unpaired) electrons. The standard InChI is InChI=1S/C11H17O4P/c1-2-3-8-16(13,14)9-15-11-7-5-4-6-10(11)12/h4-7,12H,2-3,8-9H2,1H3,(H,13,14). The van der Waals surface area contributed by atoms with E-state index in [-0.39, 0.29) is 24.0 Å². The molecule has 1 rings (SSSR count). The molecule has 0 bridgehead atoms. The van der Waals surface area contributed by atoms with Gasteiger partial charge in [-0.1, -0.05) is 25.5 Å². The number of aromatic hydroxyl groups is 1. The number of rotatable bonds is 6. The van der Waals surface area contributed by atoms with Crippen LogP contribution in [0.15, 0.2) is 24.3 Å². The fourth-order valence-electron chi connectivity index (χ4n) is 1.22. The first kappa shape index (κ1) is 13.1. The Morgan fingerprint density at radius 2 is 2.06 bits per heavy atom. The van der Waals surface area contributed by atoms with Gasteiger partial charge in [0.05, 0.1) is 0 Å². The van der Waals surface area contributed by atoms with Gasteiger partial charge in [0.25, 0.3) is 0 Å². The Balaban J connectivity index is 2.51. The molecule has 0 spiro atoms. The molecule has 0 amide bonds. The summed E-state index contributed by atoms with van der Waals surface area (Å²) in [5.74, 6) is 0.228. The zero-order chi connectivity index (χ0) is 12.0. The van der Waals surface area contributed by atoms with E-state index in [0.717, 1.165) is 6.42 Å². The van der Waals surface area contributed by atoms with Crippen LogP contribution in [0.4, 0.5) is 0 Å². The highest BCUT2D eigenvalue weighted by Crippen LogP contribution is 2.42. The zero-order valence-electron chi connectivity index (χ0n) is 9.30. The van der Waals surface area contributed by atoms with Crippen LogP contribution in [0.5, 0.6) is 11.5 Å². The molecule has 0 fully saturated rings. The minimum atomic E-state index is -3.23. The molecule has 0 saturated carbocycles. The van der Waals surface area contributed by atoms with Crippen molar-refractivity contribution >= 4 is 7.37 Å². The number of unbranched alkanes of at least 4 members (excludes halogenated alkanes) is 1. The number of hydrogen-bond donors (Lipinski definition) is 2. The second-order valence-electron chi connectivity index (χ2n) is 3.66. The van der Waals surface area contributed by atoms with Crippen molar-refractivity contribution in [3.05, 3.63) is 24.3 Å². The zero-order valence-corrected chi connectivity index (χ0v) is 10.2. The smallest absolute Gasteiger partial charge is 0.236 e. The average molecular weight is 244 g/mol. The van der Waals surface area contributed by atoms with E-state index in [4.69, 9.17) is 4.74 Å². The van der Waals surface area contributed by atoms with Gasteiger partial charge >= 0.3 is 0 Å². The van der Waals surface area contributed by atoms with Crippen LogP contribution in [-0.2, 0) is 4.57 Å². The summed E-state index contributed by atoms with van der Waals surface area (Å²) in [4.78, 5) is 9.55. The van der Waals surface area contributed by atoms with E-state index in [1.807, 2.05) is 6.92 Å². The fraction of sp³-hybridized carbons (Fsp3) is 0.455. The van der Waals surface area contributed by atoms with Crippen LogP contribution in [0, 0.1) is 0 Å². The summed E-state index contributed by atoms with van der Waals surface area (Å²) in [6.07, 6.45) is 1.60. The van der Waals surface area contributed by atoms with Gasteiger partial charge in [-0.25, -0.2) is 0 Å². The number of benzene rings is 1.